The molecule has 1 fully saturated rings. The van der Waals surface area contributed by atoms with Crippen molar-refractivity contribution in [2.45, 2.75) is 38.5 Å². The molecule has 7 heteroatoms. The third-order valence-corrected chi connectivity index (χ3v) is 4.67. The first-order valence-electron chi connectivity index (χ1n) is 8.61. The van der Waals surface area contributed by atoms with Crippen molar-refractivity contribution >= 4 is 35.1 Å². The predicted octanol–water partition coefficient (Wildman–Crippen LogP) is 4.40. The molecular weight excluding hydrogens is 389 g/mol. The van der Waals surface area contributed by atoms with Crippen LogP contribution in [0.2, 0.25) is 10.0 Å². The molecule has 5 nitrogen and oxygen atoms in total. The Bertz CT molecular complexity index is 852. The molecule has 0 aromatic heterocycles. The Hall–Kier alpha value is -2.24. The molecule has 1 amide bonds. The van der Waals surface area contributed by atoms with Crippen molar-refractivity contribution in [3.05, 3.63) is 63.6 Å². The van der Waals surface area contributed by atoms with Crippen molar-refractivity contribution in [3.8, 4) is 5.75 Å². The molecular formula is C20H19Cl2NO4. The number of ether oxygens (including phenoxy) is 2. The molecule has 2 aromatic rings. The summed E-state index contributed by atoms with van der Waals surface area (Å²) in [5.41, 5.74) is 0.982. The molecule has 1 aliphatic carbocycles. The second-order valence-corrected chi connectivity index (χ2v) is 7.19. The van der Waals surface area contributed by atoms with Gasteiger partial charge in [-0.05, 0) is 44.0 Å². The molecule has 1 unspecified atom stereocenters. The van der Waals surface area contributed by atoms with E-state index in [0.717, 1.165) is 18.4 Å². The van der Waals surface area contributed by atoms with E-state index in [1.54, 1.807) is 49.4 Å². The first-order valence-corrected chi connectivity index (χ1v) is 9.36. The highest BCUT2D eigenvalue weighted by Crippen LogP contribution is 2.25. The van der Waals surface area contributed by atoms with Crippen LogP contribution in [0.1, 0.15) is 35.7 Å². The highest BCUT2D eigenvalue weighted by Gasteiger charge is 2.28. The lowest BCUT2D eigenvalue weighted by atomic mass is 10.2. The number of rotatable bonds is 7. The minimum absolute atomic E-state index is 0.165. The quantitative estimate of drug-likeness (QED) is 0.690. The zero-order valence-electron chi connectivity index (χ0n) is 14.7. The van der Waals surface area contributed by atoms with E-state index in [4.69, 9.17) is 32.7 Å². The van der Waals surface area contributed by atoms with E-state index in [1.165, 1.54) is 0 Å². The Morgan fingerprint density at radius 1 is 1.19 bits per heavy atom. The maximum atomic E-state index is 12.5. The predicted molar refractivity (Wildman–Crippen MR) is 103 cm³/mol. The van der Waals surface area contributed by atoms with Gasteiger partial charge in [-0.15, -0.1) is 0 Å². The van der Waals surface area contributed by atoms with Crippen LogP contribution in [-0.4, -0.2) is 24.0 Å². The van der Waals surface area contributed by atoms with Crippen molar-refractivity contribution in [2.24, 2.45) is 0 Å². The maximum absolute atomic E-state index is 12.5. The summed E-state index contributed by atoms with van der Waals surface area (Å²) in [4.78, 5) is 24.5. The van der Waals surface area contributed by atoms with Gasteiger partial charge in [0, 0.05) is 21.7 Å². The Labute approximate surface area is 167 Å². The number of nitrogens with one attached hydrogen (secondary N) is 1. The molecule has 1 aliphatic rings. The Morgan fingerprint density at radius 2 is 1.93 bits per heavy atom. The molecule has 3 rings (SSSR count). The molecule has 1 atom stereocenters. The Morgan fingerprint density at radius 3 is 2.63 bits per heavy atom. The summed E-state index contributed by atoms with van der Waals surface area (Å²) < 4.78 is 11.0. The molecule has 0 radical (unpaired) electrons. The molecule has 27 heavy (non-hydrogen) atoms. The fourth-order valence-corrected chi connectivity index (χ4v) is 2.84. The molecule has 0 bridgehead atoms. The highest BCUT2D eigenvalue weighted by atomic mass is 35.5. The van der Waals surface area contributed by atoms with Gasteiger partial charge in [0.1, 0.15) is 17.9 Å². The van der Waals surface area contributed by atoms with E-state index in [0.29, 0.717) is 15.8 Å². The Kier molecular flexibility index (Phi) is 6.24. The Balaban J connectivity index is 1.65. The average molecular weight is 408 g/mol. The largest absolute Gasteiger partial charge is 0.488 e. The SMILES string of the molecule is CC(OC(=O)c1ccccc1OCc1ccc(Cl)cc1Cl)C(=O)NC1CC1. The third kappa shape index (κ3) is 5.37. The van der Waals surface area contributed by atoms with Crippen molar-refractivity contribution < 1.29 is 19.1 Å². The molecule has 0 spiro atoms. The van der Waals surface area contributed by atoms with E-state index in [-0.39, 0.29) is 24.1 Å². The molecule has 0 aliphatic heterocycles. The van der Waals surface area contributed by atoms with Crippen LogP contribution >= 0.6 is 23.2 Å². The summed E-state index contributed by atoms with van der Waals surface area (Å²) in [6, 6.07) is 12.0. The summed E-state index contributed by atoms with van der Waals surface area (Å²) in [6.45, 7) is 1.71. The van der Waals surface area contributed by atoms with Crippen molar-refractivity contribution in [1.29, 1.82) is 0 Å². The lowest BCUT2D eigenvalue weighted by Crippen LogP contribution is -2.37. The van der Waals surface area contributed by atoms with Gasteiger partial charge < -0.3 is 14.8 Å². The average Bonchev–Trinajstić information content (AvgIpc) is 3.45. The number of carbonyl (C=O) groups excluding carboxylic acids is 2. The van der Waals surface area contributed by atoms with Gasteiger partial charge in [0.2, 0.25) is 0 Å². The summed E-state index contributed by atoms with van der Waals surface area (Å²) in [6.07, 6.45) is 1.06. The molecule has 0 heterocycles. The topological polar surface area (TPSA) is 64.6 Å². The van der Waals surface area contributed by atoms with Gasteiger partial charge in [-0.2, -0.15) is 0 Å². The zero-order chi connectivity index (χ0) is 19.4. The fourth-order valence-electron chi connectivity index (χ4n) is 2.38. The smallest absolute Gasteiger partial charge is 0.342 e. The first-order chi connectivity index (χ1) is 12.9. The number of hydrogen-bond donors (Lipinski definition) is 1. The van der Waals surface area contributed by atoms with Crippen molar-refractivity contribution in [2.75, 3.05) is 0 Å². The van der Waals surface area contributed by atoms with E-state index in [1.807, 2.05) is 0 Å². The number of halogens is 2. The van der Waals surface area contributed by atoms with E-state index in [9.17, 15) is 9.59 Å². The van der Waals surface area contributed by atoms with Crippen molar-refractivity contribution in [1.82, 2.24) is 5.32 Å². The minimum Gasteiger partial charge on any atom is -0.488 e. The lowest BCUT2D eigenvalue weighted by molar-refractivity contribution is -0.129. The second kappa shape index (κ2) is 8.63. The maximum Gasteiger partial charge on any atom is 0.342 e. The number of esters is 1. The van der Waals surface area contributed by atoms with Crippen LogP contribution < -0.4 is 10.1 Å². The van der Waals surface area contributed by atoms with Crippen LogP contribution in [0.5, 0.6) is 5.75 Å². The number of benzene rings is 2. The molecule has 1 saturated carbocycles. The van der Waals surface area contributed by atoms with Gasteiger partial charge >= 0.3 is 5.97 Å². The lowest BCUT2D eigenvalue weighted by Gasteiger charge is -2.15. The van der Waals surface area contributed by atoms with Crippen LogP contribution in [0.15, 0.2) is 42.5 Å². The highest BCUT2D eigenvalue weighted by molar-refractivity contribution is 6.35. The summed E-state index contributed by atoms with van der Waals surface area (Å²) in [5.74, 6) is -0.563. The molecule has 142 valence electrons. The van der Waals surface area contributed by atoms with E-state index < -0.39 is 12.1 Å². The van der Waals surface area contributed by atoms with E-state index >= 15 is 0 Å². The first kappa shape index (κ1) is 19.5. The number of carbonyl (C=O) groups is 2. The van der Waals surface area contributed by atoms with Gasteiger partial charge in [0.25, 0.3) is 5.91 Å². The van der Waals surface area contributed by atoms with Crippen LogP contribution in [-0.2, 0) is 16.1 Å². The van der Waals surface area contributed by atoms with Crippen molar-refractivity contribution in [3.63, 3.8) is 0 Å². The molecule has 1 N–H and O–H groups in total. The van der Waals surface area contributed by atoms with Gasteiger partial charge in [-0.1, -0.05) is 41.4 Å². The number of amides is 1. The monoisotopic (exact) mass is 407 g/mol. The summed E-state index contributed by atoms with van der Waals surface area (Å²) in [5, 5.41) is 3.82. The summed E-state index contributed by atoms with van der Waals surface area (Å²) >= 11 is 12.0. The van der Waals surface area contributed by atoms with Crippen LogP contribution in [0, 0.1) is 0 Å². The number of para-hydroxylation sites is 1. The van der Waals surface area contributed by atoms with Crippen LogP contribution in [0.3, 0.4) is 0 Å². The van der Waals surface area contributed by atoms with Gasteiger partial charge in [-0.25, -0.2) is 4.79 Å². The zero-order valence-corrected chi connectivity index (χ0v) is 16.2. The van der Waals surface area contributed by atoms with Crippen LogP contribution in [0.4, 0.5) is 0 Å². The normalized spacial score (nSPS) is 14.3. The number of hydrogen-bond acceptors (Lipinski definition) is 4. The van der Waals surface area contributed by atoms with Gasteiger partial charge in [-0.3, -0.25) is 4.79 Å². The molecule has 2 aromatic carbocycles. The van der Waals surface area contributed by atoms with E-state index in [2.05, 4.69) is 5.32 Å². The third-order valence-electron chi connectivity index (χ3n) is 4.08. The summed E-state index contributed by atoms with van der Waals surface area (Å²) in [7, 11) is 0. The van der Waals surface area contributed by atoms with Gasteiger partial charge in [0.15, 0.2) is 6.10 Å². The fraction of sp³-hybridized carbons (Fsp3) is 0.300. The molecule has 0 saturated heterocycles. The second-order valence-electron chi connectivity index (χ2n) is 6.35. The van der Waals surface area contributed by atoms with Crippen LogP contribution in [0.25, 0.3) is 0 Å². The standard InChI is InChI=1S/C20H19Cl2NO4/c1-12(19(24)23-15-8-9-15)27-20(25)16-4-2-3-5-18(16)26-11-13-6-7-14(21)10-17(13)22/h2-7,10,12,15H,8-9,11H2,1H3,(H,23,24). The van der Waals surface area contributed by atoms with Gasteiger partial charge in [0.05, 0.1) is 0 Å². The minimum atomic E-state index is -0.878.